The number of hydrogen-bond donors (Lipinski definition) is 4. The summed E-state index contributed by atoms with van der Waals surface area (Å²) in [7, 11) is -7.94. The summed E-state index contributed by atoms with van der Waals surface area (Å²) in [5.41, 5.74) is 0. The first kappa shape index (κ1) is 18.5. The molecule has 0 aliphatic carbocycles. The minimum atomic E-state index is -3.97. The second kappa shape index (κ2) is 7.21. The van der Waals surface area contributed by atoms with Gasteiger partial charge in [0.15, 0.2) is 0 Å². The predicted molar refractivity (Wildman–Crippen MR) is 49.6 cm³/mol. The summed E-state index contributed by atoms with van der Waals surface area (Å²) in [5, 5.41) is 0. The molecule has 0 heterocycles. The Hall–Kier alpha value is 1.78. The zero-order chi connectivity index (χ0) is 9.00. The van der Waals surface area contributed by atoms with Crippen molar-refractivity contribution in [2.45, 2.75) is 0 Å². The van der Waals surface area contributed by atoms with Crippen molar-refractivity contribution in [1.29, 1.82) is 0 Å². The third-order valence-electron chi connectivity index (χ3n) is 0. The molecule has 0 saturated carbocycles. The quantitative estimate of drug-likeness (QED) is 0.185. The van der Waals surface area contributed by atoms with Crippen LogP contribution in [0.4, 0.5) is 0 Å². The average Bonchev–Trinajstić information content (AvgIpc) is 1.12. The van der Waals surface area contributed by atoms with E-state index in [4.69, 9.17) is 25.9 Å². The molecule has 11 heavy (non-hydrogen) atoms. The van der Waals surface area contributed by atoms with Gasteiger partial charge in [-0.05, 0) is 23.3 Å². The van der Waals surface area contributed by atoms with Crippen molar-refractivity contribution in [3.63, 3.8) is 0 Å². The van der Waals surface area contributed by atoms with E-state index in [1.165, 1.54) is 0 Å². The maximum atomic E-state index is 9.05. The molecular formula is H6CaO6S4. The van der Waals surface area contributed by atoms with Crippen LogP contribution in [-0.2, 0) is 18.3 Å². The summed E-state index contributed by atoms with van der Waals surface area (Å²) in [4.78, 5) is 0. The first-order valence-corrected chi connectivity index (χ1v) is 6.38. The summed E-state index contributed by atoms with van der Waals surface area (Å²) in [5.74, 6) is 0. The van der Waals surface area contributed by atoms with E-state index in [9.17, 15) is 0 Å². The van der Waals surface area contributed by atoms with E-state index in [2.05, 4.69) is 23.3 Å². The molecule has 0 aliphatic heterocycles. The molecule has 0 aromatic carbocycles. The van der Waals surface area contributed by atoms with Crippen LogP contribution in [0, 0.1) is 0 Å². The Morgan fingerprint density at radius 3 is 0.818 bits per heavy atom. The van der Waals surface area contributed by atoms with Crippen molar-refractivity contribution in [2.75, 3.05) is 0 Å². The van der Waals surface area contributed by atoms with Gasteiger partial charge < -0.3 is 0 Å². The molecule has 0 amide bonds. The van der Waals surface area contributed by atoms with Crippen LogP contribution in [0.25, 0.3) is 0 Å². The Labute approximate surface area is 104 Å². The van der Waals surface area contributed by atoms with E-state index in [1.54, 1.807) is 0 Å². The van der Waals surface area contributed by atoms with Gasteiger partial charge in [0.1, 0.15) is 0 Å². The van der Waals surface area contributed by atoms with Gasteiger partial charge in [-0.25, -0.2) is 0 Å². The zero-order valence-electron chi connectivity index (χ0n) is 4.24. The number of rotatable bonds is 0. The maximum absolute atomic E-state index is 9.05. The van der Waals surface area contributed by atoms with E-state index in [-0.39, 0.29) is 37.7 Å². The van der Waals surface area contributed by atoms with Crippen molar-refractivity contribution in [2.24, 2.45) is 0 Å². The van der Waals surface area contributed by atoms with Gasteiger partial charge in [-0.1, -0.05) is 0 Å². The molecule has 0 saturated heterocycles. The van der Waals surface area contributed by atoms with Crippen molar-refractivity contribution < 1.29 is 25.9 Å². The Morgan fingerprint density at radius 1 is 0.818 bits per heavy atom. The van der Waals surface area contributed by atoms with Crippen molar-refractivity contribution >= 4 is 79.4 Å². The standard InChI is InChI=1S/Ca.2H2O3S2.2H/c;2*1-5(2,3)4;;/h;2*(H2,1,2,3,4);;. The minimum absolute atomic E-state index is 0. The molecule has 0 aliphatic rings. The van der Waals surface area contributed by atoms with Gasteiger partial charge >= 0.3 is 56.0 Å². The first-order chi connectivity index (χ1) is 4.00. The van der Waals surface area contributed by atoms with Crippen LogP contribution in [0.15, 0.2) is 0 Å². The number of hydrogen-bond acceptors (Lipinski definition) is 4. The van der Waals surface area contributed by atoms with Crippen LogP contribution >= 0.6 is 23.3 Å². The summed E-state index contributed by atoms with van der Waals surface area (Å²) in [6.45, 7) is 0. The molecule has 0 unspecified atom stereocenters. The average molecular weight is 270 g/mol. The summed E-state index contributed by atoms with van der Waals surface area (Å²) >= 11 is 5.30. The monoisotopic (exact) mass is 270 g/mol. The molecule has 2 N–H and O–H groups in total. The van der Waals surface area contributed by atoms with Gasteiger partial charge in [-0.15, -0.1) is 0 Å². The molecule has 0 bridgehead atoms. The van der Waals surface area contributed by atoms with Crippen LogP contribution in [0.3, 0.4) is 0 Å². The molecule has 0 atom stereocenters. The molecular weight excluding hydrogens is 264 g/mol. The SMILES string of the molecule is O=S(=O)(O)S.O=S(=O)(O)S.[CaH2]. The molecule has 0 rings (SSSR count). The Bertz CT molecular complexity index is 211. The Balaban J connectivity index is -0.000000107. The van der Waals surface area contributed by atoms with E-state index in [0.29, 0.717) is 0 Å². The van der Waals surface area contributed by atoms with Crippen LogP contribution in [0.5, 0.6) is 0 Å². The zero-order valence-corrected chi connectivity index (χ0v) is 7.66. The first-order valence-electron chi connectivity index (χ1n) is 1.40. The fourth-order valence-corrected chi connectivity index (χ4v) is 0. The van der Waals surface area contributed by atoms with Crippen molar-refractivity contribution in [3.05, 3.63) is 0 Å². The molecule has 0 aromatic rings. The molecule has 0 radical (unpaired) electrons. The normalized spacial score (nSPS) is 10.5. The fourth-order valence-electron chi connectivity index (χ4n) is 0. The summed E-state index contributed by atoms with van der Waals surface area (Å²) < 4.78 is 50.9. The molecule has 0 fully saturated rings. The summed E-state index contributed by atoms with van der Waals surface area (Å²) in [6.07, 6.45) is 0. The van der Waals surface area contributed by atoms with Gasteiger partial charge in [-0.3, -0.25) is 9.11 Å². The second-order valence-electron chi connectivity index (χ2n) is 0.896. The van der Waals surface area contributed by atoms with Gasteiger partial charge in [0.2, 0.25) is 0 Å². The molecule has 0 spiro atoms. The van der Waals surface area contributed by atoms with Crippen molar-refractivity contribution in [1.82, 2.24) is 0 Å². The van der Waals surface area contributed by atoms with Crippen LogP contribution in [-0.4, -0.2) is 63.7 Å². The van der Waals surface area contributed by atoms with Crippen LogP contribution in [0.1, 0.15) is 0 Å². The predicted octanol–water partition coefficient (Wildman–Crippen LogP) is -1.48. The fraction of sp³-hybridized carbons (Fsp3) is 0. The van der Waals surface area contributed by atoms with Crippen LogP contribution < -0.4 is 0 Å². The molecule has 6 nitrogen and oxygen atoms in total. The molecule has 68 valence electrons. The Kier molecular flexibility index (Phi) is 12.2. The summed E-state index contributed by atoms with van der Waals surface area (Å²) in [6, 6.07) is 0. The topological polar surface area (TPSA) is 109 Å². The van der Waals surface area contributed by atoms with Gasteiger partial charge in [0, 0.05) is 0 Å². The van der Waals surface area contributed by atoms with E-state index in [0.717, 1.165) is 0 Å². The Morgan fingerprint density at radius 2 is 0.818 bits per heavy atom. The van der Waals surface area contributed by atoms with Crippen molar-refractivity contribution in [3.8, 4) is 0 Å². The third kappa shape index (κ3) is 356. The van der Waals surface area contributed by atoms with E-state index in [1.807, 2.05) is 0 Å². The molecule has 0 aromatic heterocycles. The van der Waals surface area contributed by atoms with E-state index >= 15 is 0 Å². The van der Waals surface area contributed by atoms with Gasteiger partial charge in [0.25, 0.3) is 0 Å². The van der Waals surface area contributed by atoms with Gasteiger partial charge in [-0.2, -0.15) is 16.8 Å². The third-order valence-corrected chi connectivity index (χ3v) is 0. The van der Waals surface area contributed by atoms with E-state index < -0.39 is 18.3 Å². The second-order valence-corrected chi connectivity index (χ2v) is 5.46. The number of thiol groups is 2. The van der Waals surface area contributed by atoms with Gasteiger partial charge in [0.05, 0.1) is 0 Å². The van der Waals surface area contributed by atoms with Crippen LogP contribution in [0.2, 0.25) is 0 Å². The molecule has 11 heteroatoms.